The summed E-state index contributed by atoms with van der Waals surface area (Å²) in [5, 5.41) is 18.4. The maximum absolute atomic E-state index is 12.2. The minimum absolute atomic E-state index is 0.00836. The van der Waals surface area contributed by atoms with Crippen LogP contribution in [0.25, 0.3) is 0 Å². The van der Waals surface area contributed by atoms with Gasteiger partial charge in [-0.25, -0.2) is 13.2 Å². The molecule has 0 amide bonds. The summed E-state index contributed by atoms with van der Waals surface area (Å²) in [6.45, 7) is 1.64. The van der Waals surface area contributed by atoms with Gasteiger partial charge in [0, 0.05) is 6.07 Å². The Labute approximate surface area is 144 Å². The van der Waals surface area contributed by atoms with E-state index < -0.39 is 21.6 Å². The average molecular weight is 371 g/mol. The van der Waals surface area contributed by atoms with Crippen molar-refractivity contribution in [2.75, 3.05) is 12.4 Å². The Kier molecular flexibility index (Phi) is 5.36. The normalized spacial score (nSPS) is 11.2. The van der Waals surface area contributed by atoms with Gasteiger partial charge in [0.2, 0.25) is 0 Å². The van der Waals surface area contributed by atoms with Crippen LogP contribution in [0.2, 0.25) is 5.02 Å². The number of aromatic carboxylic acids is 1. The van der Waals surface area contributed by atoms with Crippen molar-refractivity contribution in [3.8, 4) is 11.5 Å². The maximum Gasteiger partial charge on any atom is 0.339 e. The summed E-state index contributed by atoms with van der Waals surface area (Å²) >= 11 is 5.86. The van der Waals surface area contributed by atoms with Crippen LogP contribution in [0.4, 0.5) is 0 Å². The second-order valence-corrected chi connectivity index (χ2v) is 7.60. The van der Waals surface area contributed by atoms with Crippen LogP contribution in [0.5, 0.6) is 11.5 Å². The summed E-state index contributed by atoms with van der Waals surface area (Å²) in [5.74, 6) is -2.14. The number of carbonyl (C=O) groups is 1. The lowest BCUT2D eigenvalue weighted by atomic mass is 10.2. The highest BCUT2D eigenvalue weighted by atomic mass is 35.5. The van der Waals surface area contributed by atoms with Gasteiger partial charge in [-0.05, 0) is 25.1 Å². The van der Waals surface area contributed by atoms with Crippen molar-refractivity contribution >= 4 is 27.4 Å². The fourth-order valence-electron chi connectivity index (χ4n) is 1.95. The summed E-state index contributed by atoms with van der Waals surface area (Å²) in [5.41, 5.74) is 0.568. The number of halogens is 1. The van der Waals surface area contributed by atoms with Crippen molar-refractivity contribution < 1.29 is 28.2 Å². The van der Waals surface area contributed by atoms with Crippen LogP contribution in [0.3, 0.4) is 0 Å². The van der Waals surface area contributed by atoms with Crippen LogP contribution < -0.4 is 4.74 Å². The quantitative estimate of drug-likeness (QED) is 0.810. The fourth-order valence-corrected chi connectivity index (χ4v) is 3.25. The van der Waals surface area contributed by atoms with Crippen molar-refractivity contribution in [3.63, 3.8) is 0 Å². The average Bonchev–Trinajstić information content (AvgIpc) is 2.49. The van der Waals surface area contributed by atoms with E-state index in [-0.39, 0.29) is 33.6 Å². The van der Waals surface area contributed by atoms with Gasteiger partial charge in [-0.1, -0.05) is 29.3 Å². The van der Waals surface area contributed by atoms with E-state index in [9.17, 15) is 18.3 Å². The molecule has 8 heteroatoms. The number of carboxylic acid groups (broad SMARTS) is 1. The maximum atomic E-state index is 12.2. The van der Waals surface area contributed by atoms with E-state index in [2.05, 4.69) is 0 Å². The molecule has 2 rings (SSSR count). The van der Waals surface area contributed by atoms with Gasteiger partial charge in [-0.3, -0.25) is 0 Å². The monoisotopic (exact) mass is 370 g/mol. The molecule has 0 saturated heterocycles. The van der Waals surface area contributed by atoms with Crippen molar-refractivity contribution in [1.29, 1.82) is 0 Å². The van der Waals surface area contributed by atoms with E-state index in [0.717, 1.165) is 17.7 Å². The number of phenols is 1. The Balaban J connectivity index is 2.10. The first kappa shape index (κ1) is 18.1. The summed E-state index contributed by atoms with van der Waals surface area (Å²) in [7, 11) is -3.53. The number of rotatable bonds is 6. The van der Waals surface area contributed by atoms with Gasteiger partial charge in [0.15, 0.2) is 9.84 Å². The van der Waals surface area contributed by atoms with Crippen molar-refractivity contribution in [1.82, 2.24) is 0 Å². The topological polar surface area (TPSA) is 101 Å². The largest absolute Gasteiger partial charge is 0.507 e. The third kappa shape index (κ3) is 4.18. The van der Waals surface area contributed by atoms with E-state index in [1.807, 2.05) is 6.92 Å². The third-order valence-corrected chi connectivity index (χ3v) is 5.26. The van der Waals surface area contributed by atoms with Gasteiger partial charge < -0.3 is 14.9 Å². The molecule has 0 bridgehead atoms. The molecule has 128 valence electrons. The number of benzene rings is 2. The fraction of sp³-hybridized carbons (Fsp3) is 0.188. The number of hydrogen-bond donors (Lipinski definition) is 2. The molecule has 0 aromatic heterocycles. The van der Waals surface area contributed by atoms with E-state index in [1.165, 1.54) is 12.1 Å². The van der Waals surface area contributed by atoms with Crippen LogP contribution in [-0.4, -0.2) is 37.0 Å². The molecular formula is C16H15ClO6S. The molecule has 2 aromatic rings. The van der Waals surface area contributed by atoms with Crippen LogP contribution in [-0.2, 0) is 9.84 Å². The first-order chi connectivity index (χ1) is 11.2. The molecule has 0 heterocycles. The molecule has 2 N–H and O–H groups in total. The number of aromatic hydroxyl groups is 1. The van der Waals surface area contributed by atoms with Gasteiger partial charge in [0.25, 0.3) is 0 Å². The zero-order valence-corrected chi connectivity index (χ0v) is 14.3. The first-order valence-electron chi connectivity index (χ1n) is 6.89. The molecule has 0 aliphatic carbocycles. The van der Waals surface area contributed by atoms with Crippen LogP contribution in [0, 0.1) is 6.92 Å². The number of hydrogen-bond acceptors (Lipinski definition) is 5. The molecule has 0 aliphatic heterocycles. The lowest BCUT2D eigenvalue weighted by Crippen LogP contribution is -2.14. The summed E-state index contributed by atoms with van der Waals surface area (Å²) in [6.07, 6.45) is 0. The molecule has 0 saturated carbocycles. The molecule has 0 atom stereocenters. The van der Waals surface area contributed by atoms with Crippen LogP contribution >= 0.6 is 11.6 Å². The summed E-state index contributed by atoms with van der Waals surface area (Å²) in [4.78, 5) is 11.2. The zero-order valence-electron chi connectivity index (χ0n) is 12.7. The molecular weight excluding hydrogens is 356 g/mol. The minimum atomic E-state index is -3.53. The Morgan fingerprint density at radius 3 is 2.42 bits per heavy atom. The van der Waals surface area contributed by atoms with E-state index in [4.69, 9.17) is 21.4 Å². The van der Waals surface area contributed by atoms with Crippen LogP contribution in [0.15, 0.2) is 41.3 Å². The minimum Gasteiger partial charge on any atom is -0.507 e. The number of sulfone groups is 1. The van der Waals surface area contributed by atoms with Crippen molar-refractivity contribution in [2.24, 2.45) is 0 Å². The SMILES string of the molecule is Cc1ccc(S(=O)(=O)CCOc2cc(C(=O)O)c(O)cc2Cl)cc1. The number of carboxylic acids is 1. The second-order valence-electron chi connectivity index (χ2n) is 5.09. The first-order valence-corrected chi connectivity index (χ1v) is 8.92. The highest BCUT2D eigenvalue weighted by Crippen LogP contribution is 2.32. The van der Waals surface area contributed by atoms with E-state index in [0.29, 0.717) is 0 Å². The van der Waals surface area contributed by atoms with Crippen LogP contribution in [0.1, 0.15) is 15.9 Å². The molecule has 0 unspecified atom stereocenters. The Morgan fingerprint density at radius 2 is 1.83 bits per heavy atom. The van der Waals surface area contributed by atoms with E-state index >= 15 is 0 Å². The second kappa shape index (κ2) is 7.11. The Bertz CT molecular complexity index is 859. The summed E-state index contributed by atoms with van der Waals surface area (Å²) in [6, 6.07) is 8.52. The predicted octanol–water partition coefficient (Wildman–Crippen LogP) is 2.90. The molecule has 2 aromatic carbocycles. The molecule has 24 heavy (non-hydrogen) atoms. The van der Waals surface area contributed by atoms with Crippen molar-refractivity contribution in [3.05, 3.63) is 52.5 Å². The van der Waals surface area contributed by atoms with Gasteiger partial charge in [-0.15, -0.1) is 0 Å². The lowest BCUT2D eigenvalue weighted by Gasteiger charge is -2.10. The molecule has 0 aliphatic rings. The predicted molar refractivity (Wildman–Crippen MR) is 88.8 cm³/mol. The summed E-state index contributed by atoms with van der Waals surface area (Å²) < 4.78 is 29.7. The molecule has 6 nitrogen and oxygen atoms in total. The zero-order chi connectivity index (χ0) is 17.9. The number of ether oxygens (including phenoxy) is 1. The Morgan fingerprint density at radius 1 is 1.21 bits per heavy atom. The molecule has 0 radical (unpaired) electrons. The van der Waals surface area contributed by atoms with Crippen molar-refractivity contribution in [2.45, 2.75) is 11.8 Å². The third-order valence-electron chi connectivity index (χ3n) is 3.27. The highest BCUT2D eigenvalue weighted by molar-refractivity contribution is 7.91. The van der Waals surface area contributed by atoms with Gasteiger partial charge in [0.1, 0.15) is 23.7 Å². The standard InChI is InChI=1S/C16H15ClO6S/c1-10-2-4-11(5-3-10)24(21,22)7-6-23-15-8-12(16(19)20)14(18)9-13(15)17/h2-5,8-9,18H,6-7H2,1H3,(H,19,20). The van der Waals surface area contributed by atoms with Gasteiger partial charge >= 0.3 is 5.97 Å². The number of aryl methyl sites for hydroxylation is 1. The molecule has 0 fully saturated rings. The lowest BCUT2D eigenvalue weighted by molar-refractivity contribution is 0.0693. The van der Waals surface area contributed by atoms with Gasteiger partial charge in [0.05, 0.1) is 15.7 Å². The Hall–Kier alpha value is -2.25. The van der Waals surface area contributed by atoms with Gasteiger partial charge in [-0.2, -0.15) is 0 Å². The molecule has 0 spiro atoms. The van der Waals surface area contributed by atoms with E-state index in [1.54, 1.807) is 12.1 Å². The highest BCUT2D eigenvalue weighted by Gasteiger charge is 2.17. The smallest absolute Gasteiger partial charge is 0.339 e.